The first-order chi connectivity index (χ1) is 17.3. The summed E-state index contributed by atoms with van der Waals surface area (Å²) in [6, 6.07) is 13.0. The molecular weight excluding hydrogens is 556 g/mol. The molecule has 1 aliphatic rings. The van der Waals surface area contributed by atoms with Crippen LogP contribution in [0.25, 0.3) is 6.08 Å². The Morgan fingerprint density at radius 1 is 1.17 bits per heavy atom. The highest BCUT2D eigenvalue weighted by Crippen LogP contribution is 2.37. The minimum atomic E-state index is -0.660. The third-order valence-corrected chi connectivity index (χ3v) is 6.05. The Kier molecular flexibility index (Phi) is 7.66. The van der Waals surface area contributed by atoms with E-state index in [1.807, 2.05) is 18.2 Å². The van der Waals surface area contributed by atoms with Crippen LogP contribution in [0.2, 0.25) is 5.02 Å². The van der Waals surface area contributed by atoms with Crippen molar-refractivity contribution in [3.8, 4) is 11.5 Å². The molecule has 0 unspecified atom stereocenters. The van der Waals surface area contributed by atoms with E-state index in [0.717, 1.165) is 10.5 Å². The third-order valence-electron chi connectivity index (χ3n) is 5.22. The molecule has 0 aliphatic carbocycles. The molecule has 0 bridgehead atoms. The number of esters is 1. The Morgan fingerprint density at radius 3 is 2.67 bits per heavy atom. The molecule has 2 heterocycles. The Labute approximate surface area is 219 Å². The van der Waals surface area contributed by atoms with Gasteiger partial charge in [0.1, 0.15) is 18.1 Å². The first kappa shape index (κ1) is 25.3. The second-order valence-electron chi connectivity index (χ2n) is 7.54. The number of nitrogens with one attached hydrogen (secondary N) is 1. The molecule has 9 nitrogen and oxygen atoms in total. The van der Waals surface area contributed by atoms with Crippen molar-refractivity contribution in [3.63, 3.8) is 0 Å². The van der Waals surface area contributed by atoms with Gasteiger partial charge in [0, 0.05) is 20.6 Å². The monoisotopic (exact) mass is 574 g/mol. The maximum atomic E-state index is 13.0. The van der Waals surface area contributed by atoms with Gasteiger partial charge in [-0.3, -0.25) is 9.69 Å². The molecule has 0 saturated carbocycles. The lowest BCUT2D eigenvalue weighted by Crippen LogP contribution is -2.30. The summed E-state index contributed by atoms with van der Waals surface area (Å²) < 4.78 is 22.2. The maximum absolute atomic E-state index is 13.0. The van der Waals surface area contributed by atoms with E-state index in [2.05, 4.69) is 26.0 Å². The van der Waals surface area contributed by atoms with E-state index in [-0.39, 0.29) is 30.4 Å². The number of amides is 3. The molecule has 3 amide bonds. The zero-order valence-electron chi connectivity index (χ0n) is 19.2. The van der Waals surface area contributed by atoms with Crippen molar-refractivity contribution in [1.29, 1.82) is 0 Å². The molecule has 0 atom stereocenters. The molecule has 1 N–H and O–H groups in total. The molecule has 1 aliphatic heterocycles. The SMILES string of the molecule is COC(=O)c1ccc(CN2C(=O)N/C(=C/c3cc(Br)cc(OC)c3OCc3ccccc3Cl)C2=O)o1. The molecule has 4 rings (SSSR count). The zero-order chi connectivity index (χ0) is 25.8. The number of nitrogens with zero attached hydrogens (tertiary/aromatic N) is 1. The maximum Gasteiger partial charge on any atom is 0.373 e. The summed E-state index contributed by atoms with van der Waals surface area (Å²) in [4.78, 5) is 38.2. The van der Waals surface area contributed by atoms with Crippen LogP contribution in [0.1, 0.15) is 27.4 Å². The number of carbonyl (C=O) groups excluding carboxylic acids is 3. The number of benzene rings is 2. The van der Waals surface area contributed by atoms with Gasteiger partial charge in [-0.2, -0.15) is 0 Å². The lowest BCUT2D eigenvalue weighted by molar-refractivity contribution is -0.123. The standard InChI is InChI=1S/C25H20BrClN2O7/c1-33-21-11-16(26)9-15(22(21)35-13-14-5-3-4-6-18(14)27)10-19-23(30)29(25(32)28-19)12-17-7-8-20(36-17)24(31)34-2/h3-11H,12-13H2,1-2H3,(H,28,32)/b19-10+. The molecule has 1 aromatic heterocycles. The van der Waals surface area contributed by atoms with Crippen molar-refractivity contribution in [1.82, 2.24) is 10.2 Å². The predicted molar refractivity (Wildman–Crippen MR) is 134 cm³/mol. The van der Waals surface area contributed by atoms with Crippen LogP contribution in [0.3, 0.4) is 0 Å². The van der Waals surface area contributed by atoms with E-state index >= 15 is 0 Å². The zero-order valence-corrected chi connectivity index (χ0v) is 21.5. The van der Waals surface area contributed by atoms with Gasteiger partial charge in [0.15, 0.2) is 11.5 Å². The summed E-state index contributed by atoms with van der Waals surface area (Å²) in [5.74, 6) is -0.242. The van der Waals surface area contributed by atoms with Gasteiger partial charge in [0.25, 0.3) is 5.91 Å². The van der Waals surface area contributed by atoms with E-state index < -0.39 is 17.9 Å². The van der Waals surface area contributed by atoms with E-state index in [4.69, 9.17) is 25.5 Å². The lowest BCUT2D eigenvalue weighted by atomic mass is 10.1. The summed E-state index contributed by atoms with van der Waals surface area (Å²) in [7, 11) is 2.72. The number of ether oxygens (including phenoxy) is 3. The normalized spacial score (nSPS) is 14.2. The molecule has 1 fully saturated rings. The fourth-order valence-electron chi connectivity index (χ4n) is 3.47. The van der Waals surface area contributed by atoms with Crippen LogP contribution < -0.4 is 14.8 Å². The first-order valence-corrected chi connectivity index (χ1v) is 11.7. The van der Waals surface area contributed by atoms with Crippen LogP contribution >= 0.6 is 27.5 Å². The number of urea groups is 1. The number of hydrogen-bond acceptors (Lipinski definition) is 7. The highest BCUT2D eigenvalue weighted by molar-refractivity contribution is 9.10. The number of furan rings is 1. The van der Waals surface area contributed by atoms with E-state index in [1.165, 1.54) is 32.4 Å². The molecule has 11 heteroatoms. The van der Waals surface area contributed by atoms with Crippen LogP contribution in [0.5, 0.6) is 11.5 Å². The number of rotatable bonds is 8. The Hall–Kier alpha value is -3.76. The van der Waals surface area contributed by atoms with Crippen molar-refractivity contribution in [2.45, 2.75) is 13.2 Å². The summed E-state index contributed by atoms with van der Waals surface area (Å²) in [6.45, 7) is -0.0159. The number of hydrogen-bond donors (Lipinski definition) is 1. The largest absolute Gasteiger partial charge is 0.493 e. The summed E-state index contributed by atoms with van der Waals surface area (Å²) in [5.41, 5.74) is 1.29. The molecular formula is C25H20BrClN2O7. The Balaban J connectivity index is 1.60. The van der Waals surface area contributed by atoms with Crippen molar-refractivity contribution >= 4 is 51.5 Å². The molecule has 36 heavy (non-hydrogen) atoms. The average molecular weight is 576 g/mol. The number of imide groups is 1. The number of methoxy groups -OCH3 is 2. The van der Waals surface area contributed by atoms with E-state index in [1.54, 1.807) is 18.2 Å². The van der Waals surface area contributed by atoms with Crippen LogP contribution in [0, 0.1) is 0 Å². The highest BCUT2D eigenvalue weighted by atomic mass is 79.9. The van der Waals surface area contributed by atoms with Crippen molar-refractivity contribution in [2.75, 3.05) is 14.2 Å². The Bertz CT molecular complexity index is 1370. The van der Waals surface area contributed by atoms with E-state index in [0.29, 0.717) is 26.6 Å². The van der Waals surface area contributed by atoms with Gasteiger partial charge in [-0.05, 0) is 36.4 Å². The lowest BCUT2D eigenvalue weighted by Gasteiger charge is -2.15. The average Bonchev–Trinajstić information content (AvgIpc) is 3.44. The topological polar surface area (TPSA) is 107 Å². The molecule has 0 radical (unpaired) electrons. The van der Waals surface area contributed by atoms with Gasteiger partial charge < -0.3 is 23.9 Å². The van der Waals surface area contributed by atoms with E-state index in [9.17, 15) is 14.4 Å². The second kappa shape index (κ2) is 10.9. The highest BCUT2D eigenvalue weighted by Gasteiger charge is 2.34. The minimum Gasteiger partial charge on any atom is -0.493 e. The van der Waals surface area contributed by atoms with Crippen molar-refractivity contribution in [2.24, 2.45) is 0 Å². The van der Waals surface area contributed by atoms with Gasteiger partial charge in [-0.15, -0.1) is 0 Å². The van der Waals surface area contributed by atoms with Gasteiger partial charge in [-0.25, -0.2) is 9.59 Å². The van der Waals surface area contributed by atoms with Crippen molar-refractivity contribution in [3.05, 3.63) is 86.4 Å². The fourth-order valence-corrected chi connectivity index (χ4v) is 4.11. The van der Waals surface area contributed by atoms with Crippen LogP contribution in [-0.4, -0.2) is 37.0 Å². The van der Waals surface area contributed by atoms with Gasteiger partial charge in [0.2, 0.25) is 5.76 Å². The second-order valence-corrected chi connectivity index (χ2v) is 8.87. The summed E-state index contributed by atoms with van der Waals surface area (Å²) in [6.07, 6.45) is 1.50. The third kappa shape index (κ3) is 5.39. The smallest absolute Gasteiger partial charge is 0.373 e. The van der Waals surface area contributed by atoms with Crippen LogP contribution in [0.15, 0.2) is 63.1 Å². The predicted octanol–water partition coefficient (Wildman–Crippen LogP) is 5.16. The van der Waals surface area contributed by atoms with Crippen molar-refractivity contribution < 1.29 is 33.0 Å². The number of halogens is 2. The first-order valence-electron chi connectivity index (χ1n) is 10.6. The Morgan fingerprint density at radius 2 is 1.94 bits per heavy atom. The molecule has 1 saturated heterocycles. The van der Waals surface area contributed by atoms with Gasteiger partial charge in [-0.1, -0.05) is 45.7 Å². The quantitative estimate of drug-likeness (QED) is 0.225. The fraction of sp³-hybridized carbons (Fsp3) is 0.160. The van der Waals surface area contributed by atoms with Gasteiger partial charge in [0.05, 0.1) is 20.8 Å². The number of carbonyl (C=O) groups is 3. The minimum absolute atomic E-state index is 0.0301. The molecule has 3 aromatic rings. The summed E-state index contributed by atoms with van der Waals surface area (Å²) in [5, 5.41) is 3.11. The molecule has 0 spiro atoms. The van der Waals surface area contributed by atoms with Crippen LogP contribution in [0.4, 0.5) is 4.79 Å². The molecule has 186 valence electrons. The van der Waals surface area contributed by atoms with Crippen LogP contribution in [-0.2, 0) is 22.7 Å². The van der Waals surface area contributed by atoms with Gasteiger partial charge >= 0.3 is 12.0 Å². The summed E-state index contributed by atoms with van der Waals surface area (Å²) >= 11 is 9.68. The molecule has 2 aromatic carbocycles.